The molecule has 0 saturated carbocycles. The van der Waals surface area contributed by atoms with Crippen molar-refractivity contribution in [3.8, 4) is 0 Å². The van der Waals surface area contributed by atoms with Gasteiger partial charge in [0.25, 0.3) is 0 Å². The standard InChI is InChI=1S/C10H13N3O/c1-13-9(7-11)5-8(12-13)6-10-3-2-4-14-10/h2-5H,6-7,11H2,1H3. The summed E-state index contributed by atoms with van der Waals surface area (Å²) in [6, 6.07) is 5.82. The fraction of sp³-hybridized carbons (Fsp3) is 0.300. The van der Waals surface area contributed by atoms with Crippen LogP contribution in [0.4, 0.5) is 0 Å². The third kappa shape index (κ3) is 1.70. The molecule has 0 saturated heterocycles. The van der Waals surface area contributed by atoms with Crippen LogP contribution in [-0.4, -0.2) is 9.78 Å². The smallest absolute Gasteiger partial charge is 0.109 e. The largest absolute Gasteiger partial charge is 0.469 e. The molecule has 0 amide bonds. The second kappa shape index (κ2) is 3.67. The lowest BCUT2D eigenvalue weighted by Gasteiger charge is -1.93. The highest BCUT2D eigenvalue weighted by Gasteiger charge is 2.05. The zero-order chi connectivity index (χ0) is 9.97. The predicted octanol–water partition coefficient (Wildman–Crippen LogP) is 1.06. The van der Waals surface area contributed by atoms with Crippen LogP contribution >= 0.6 is 0 Å². The van der Waals surface area contributed by atoms with Gasteiger partial charge in [0, 0.05) is 20.0 Å². The maximum Gasteiger partial charge on any atom is 0.109 e. The lowest BCUT2D eigenvalue weighted by molar-refractivity contribution is 0.518. The van der Waals surface area contributed by atoms with Gasteiger partial charge in [0.1, 0.15) is 5.76 Å². The average Bonchev–Trinajstić information content (AvgIpc) is 2.76. The topological polar surface area (TPSA) is 57.0 Å². The molecule has 2 heterocycles. The van der Waals surface area contributed by atoms with E-state index in [0.717, 1.165) is 23.6 Å². The molecule has 2 aromatic rings. The molecular formula is C10H13N3O. The molecule has 4 heteroatoms. The van der Waals surface area contributed by atoms with Crippen molar-refractivity contribution in [1.29, 1.82) is 0 Å². The molecule has 74 valence electrons. The fourth-order valence-corrected chi connectivity index (χ4v) is 1.44. The molecule has 2 rings (SSSR count). The summed E-state index contributed by atoms with van der Waals surface area (Å²) in [6.45, 7) is 0.516. The quantitative estimate of drug-likeness (QED) is 0.789. The summed E-state index contributed by atoms with van der Waals surface area (Å²) in [6.07, 6.45) is 2.39. The van der Waals surface area contributed by atoms with Crippen molar-refractivity contribution in [3.63, 3.8) is 0 Å². The van der Waals surface area contributed by atoms with Gasteiger partial charge in [-0.05, 0) is 18.2 Å². The van der Waals surface area contributed by atoms with E-state index in [4.69, 9.17) is 10.2 Å². The minimum Gasteiger partial charge on any atom is -0.469 e. The van der Waals surface area contributed by atoms with E-state index in [1.807, 2.05) is 25.2 Å². The van der Waals surface area contributed by atoms with Gasteiger partial charge in [-0.25, -0.2) is 0 Å². The molecule has 0 aliphatic heterocycles. The minimum absolute atomic E-state index is 0.516. The molecule has 2 aromatic heterocycles. The Morgan fingerprint density at radius 2 is 2.43 bits per heavy atom. The third-order valence-electron chi connectivity index (χ3n) is 2.17. The van der Waals surface area contributed by atoms with Gasteiger partial charge in [0.15, 0.2) is 0 Å². The summed E-state index contributed by atoms with van der Waals surface area (Å²) in [5.74, 6) is 0.923. The highest BCUT2D eigenvalue weighted by Crippen LogP contribution is 2.09. The van der Waals surface area contributed by atoms with Gasteiger partial charge in [0.2, 0.25) is 0 Å². The van der Waals surface area contributed by atoms with E-state index >= 15 is 0 Å². The van der Waals surface area contributed by atoms with Crippen molar-refractivity contribution >= 4 is 0 Å². The first-order valence-electron chi connectivity index (χ1n) is 4.54. The molecule has 0 unspecified atom stereocenters. The normalized spacial score (nSPS) is 10.7. The molecule has 2 N–H and O–H groups in total. The highest BCUT2D eigenvalue weighted by molar-refractivity contribution is 5.15. The number of nitrogens with zero attached hydrogens (tertiary/aromatic N) is 2. The van der Waals surface area contributed by atoms with E-state index in [1.165, 1.54) is 0 Å². The molecule has 0 atom stereocenters. The number of aromatic nitrogens is 2. The summed E-state index contributed by atoms with van der Waals surface area (Å²) >= 11 is 0. The Bertz CT molecular complexity index is 403. The van der Waals surface area contributed by atoms with Crippen LogP contribution in [0.3, 0.4) is 0 Å². The molecule has 14 heavy (non-hydrogen) atoms. The predicted molar refractivity (Wildman–Crippen MR) is 52.6 cm³/mol. The van der Waals surface area contributed by atoms with Crippen LogP contribution in [0.25, 0.3) is 0 Å². The van der Waals surface area contributed by atoms with E-state index < -0.39 is 0 Å². The van der Waals surface area contributed by atoms with E-state index in [-0.39, 0.29) is 0 Å². The zero-order valence-electron chi connectivity index (χ0n) is 8.10. The molecule has 0 radical (unpaired) electrons. The van der Waals surface area contributed by atoms with Crippen LogP contribution in [0.15, 0.2) is 28.9 Å². The van der Waals surface area contributed by atoms with E-state index in [9.17, 15) is 0 Å². The molecule has 0 spiro atoms. The molecule has 0 aliphatic carbocycles. The van der Waals surface area contributed by atoms with Gasteiger partial charge in [0.05, 0.1) is 17.7 Å². The summed E-state index contributed by atoms with van der Waals surface area (Å²) in [5, 5.41) is 4.33. The van der Waals surface area contributed by atoms with E-state index in [2.05, 4.69) is 5.10 Å². The Hall–Kier alpha value is -1.55. The molecule has 0 aliphatic rings. The maximum atomic E-state index is 5.55. The second-order valence-electron chi connectivity index (χ2n) is 3.21. The van der Waals surface area contributed by atoms with Gasteiger partial charge in [-0.1, -0.05) is 0 Å². The van der Waals surface area contributed by atoms with E-state index in [1.54, 1.807) is 10.9 Å². The Balaban J connectivity index is 2.17. The average molecular weight is 191 g/mol. The Kier molecular flexibility index (Phi) is 2.37. The monoisotopic (exact) mass is 191 g/mol. The number of aryl methyl sites for hydroxylation is 1. The van der Waals surface area contributed by atoms with Gasteiger partial charge in [-0.15, -0.1) is 0 Å². The van der Waals surface area contributed by atoms with Crippen LogP contribution in [0.5, 0.6) is 0 Å². The van der Waals surface area contributed by atoms with E-state index in [0.29, 0.717) is 6.54 Å². The molecule has 0 fully saturated rings. The molecular weight excluding hydrogens is 178 g/mol. The van der Waals surface area contributed by atoms with Crippen molar-refractivity contribution < 1.29 is 4.42 Å². The van der Waals surface area contributed by atoms with Crippen molar-refractivity contribution in [1.82, 2.24) is 9.78 Å². The van der Waals surface area contributed by atoms with Crippen LogP contribution < -0.4 is 5.73 Å². The second-order valence-corrected chi connectivity index (χ2v) is 3.21. The van der Waals surface area contributed by atoms with Crippen molar-refractivity contribution in [3.05, 3.63) is 41.6 Å². The number of furan rings is 1. The highest BCUT2D eigenvalue weighted by atomic mass is 16.3. The molecule has 0 bridgehead atoms. The SMILES string of the molecule is Cn1nc(Cc2ccco2)cc1CN. The molecule has 0 aromatic carbocycles. The van der Waals surface area contributed by atoms with Crippen LogP contribution in [-0.2, 0) is 20.0 Å². The zero-order valence-corrected chi connectivity index (χ0v) is 8.10. The number of nitrogens with two attached hydrogens (primary N) is 1. The van der Waals surface area contributed by atoms with Gasteiger partial charge in [-0.3, -0.25) is 4.68 Å². The third-order valence-corrected chi connectivity index (χ3v) is 2.17. The maximum absolute atomic E-state index is 5.55. The minimum atomic E-state index is 0.516. The number of hydrogen-bond acceptors (Lipinski definition) is 3. The number of rotatable bonds is 3. The lowest BCUT2D eigenvalue weighted by atomic mass is 10.2. The Labute approximate surface area is 82.3 Å². The first-order valence-corrected chi connectivity index (χ1v) is 4.54. The van der Waals surface area contributed by atoms with Crippen molar-refractivity contribution in [2.75, 3.05) is 0 Å². The summed E-state index contributed by atoms with van der Waals surface area (Å²) < 4.78 is 7.04. The molecule has 4 nitrogen and oxygen atoms in total. The Morgan fingerprint density at radius 3 is 3.00 bits per heavy atom. The van der Waals surface area contributed by atoms with Gasteiger partial charge in [-0.2, -0.15) is 5.10 Å². The van der Waals surface area contributed by atoms with Crippen LogP contribution in [0, 0.1) is 0 Å². The Morgan fingerprint density at radius 1 is 1.57 bits per heavy atom. The fourth-order valence-electron chi connectivity index (χ4n) is 1.44. The van der Waals surface area contributed by atoms with Gasteiger partial charge < -0.3 is 10.2 Å². The first kappa shape index (κ1) is 9.02. The summed E-state index contributed by atoms with van der Waals surface area (Å²) in [4.78, 5) is 0. The van der Waals surface area contributed by atoms with Crippen molar-refractivity contribution in [2.45, 2.75) is 13.0 Å². The lowest BCUT2D eigenvalue weighted by Crippen LogP contribution is -2.03. The number of hydrogen-bond donors (Lipinski definition) is 1. The van der Waals surface area contributed by atoms with Crippen molar-refractivity contribution in [2.24, 2.45) is 12.8 Å². The van der Waals surface area contributed by atoms with Gasteiger partial charge >= 0.3 is 0 Å². The van der Waals surface area contributed by atoms with Crippen LogP contribution in [0.1, 0.15) is 17.1 Å². The summed E-state index contributed by atoms with van der Waals surface area (Å²) in [5.41, 5.74) is 7.58. The van der Waals surface area contributed by atoms with Crippen LogP contribution in [0.2, 0.25) is 0 Å². The first-order chi connectivity index (χ1) is 6.79. The summed E-state index contributed by atoms with van der Waals surface area (Å²) in [7, 11) is 1.90.